The van der Waals surface area contributed by atoms with Crippen molar-refractivity contribution in [2.45, 2.75) is 120 Å². The van der Waals surface area contributed by atoms with Crippen LogP contribution in [0, 0.1) is 29.6 Å². The lowest BCUT2D eigenvalue weighted by Crippen LogP contribution is -2.17. The molecule has 0 aliphatic carbocycles. The van der Waals surface area contributed by atoms with Crippen molar-refractivity contribution in [2.75, 3.05) is 0 Å². The SMILES string of the molecule is C=C(C)C(C[C@H](C)CCC(Cc1ccc(CC)c(CCCCCC)c1)C(C)C)C(C)C. The Kier molecular flexibility index (Phi) is 13.5. The molecular formula is C31H54. The normalized spacial score (nSPS) is 14.8. The minimum atomic E-state index is 0.671. The summed E-state index contributed by atoms with van der Waals surface area (Å²) in [6, 6.07) is 7.40. The first kappa shape index (κ1) is 28.0. The van der Waals surface area contributed by atoms with E-state index in [1.165, 1.54) is 63.4 Å². The second-order valence-electron chi connectivity index (χ2n) is 11.1. The molecule has 3 atom stereocenters. The van der Waals surface area contributed by atoms with Crippen molar-refractivity contribution < 1.29 is 0 Å². The second-order valence-corrected chi connectivity index (χ2v) is 11.1. The summed E-state index contributed by atoms with van der Waals surface area (Å²) in [7, 11) is 0. The Bertz CT molecular complexity index is 621. The van der Waals surface area contributed by atoms with E-state index in [1.807, 2.05) is 0 Å². The maximum Gasteiger partial charge on any atom is -0.0183 e. The monoisotopic (exact) mass is 426 g/mol. The van der Waals surface area contributed by atoms with Crippen LogP contribution >= 0.6 is 0 Å². The van der Waals surface area contributed by atoms with E-state index in [1.54, 1.807) is 16.7 Å². The fourth-order valence-corrected chi connectivity index (χ4v) is 5.19. The molecular weight excluding hydrogens is 372 g/mol. The highest BCUT2D eigenvalue weighted by Gasteiger charge is 2.20. The number of hydrogen-bond donors (Lipinski definition) is 0. The number of rotatable bonds is 16. The molecule has 178 valence electrons. The van der Waals surface area contributed by atoms with Crippen molar-refractivity contribution in [1.29, 1.82) is 0 Å². The van der Waals surface area contributed by atoms with Crippen LogP contribution in [0.2, 0.25) is 0 Å². The predicted molar refractivity (Wildman–Crippen MR) is 142 cm³/mol. The maximum atomic E-state index is 4.26. The summed E-state index contributed by atoms with van der Waals surface area (Å²) in [5.74, 6) is 3.68. The highest BCUT2D eigenvalue weighted by atomic mass is 14.3. The number of benzene rings is 1. The molecule has 0 saturated carbocycles. The average Bonchev–Trinajstić information content (AvgIpc) is 2.71. The molecule has 0 spiro atoms. The summed E-state index contributed by atoms with van der Waals surface area (Å²) < 4.78 is 0. The third-order valence-corrected chi connectivity index (χ3v) is 7.52. The van der Waals surface area contributed by atoms with Crippen LogP contribution in [-0.4, -0.2) is 0 Å². The third-order valence-electron chi connectivity index (χ3n) is 7.52. The Morgan fingerprint density at radius 1 is 0.871 bits per heavy atom. The summed E-state index contributed by atoms with van der Waals surface area (Å²) in [6.07, 6.45) is 13.1. The van der Waals surface area contributed by atoms with Gasteiger partial charge in [-0.2, -0.15) is 0 Å². The second kappa shape index (κ2) is 14.9. The topological polar surface area (TPSA) is 0 Å². The van der Waals surface area contributed by atoms with Crippen molar-refractivity contribution in [2.24, 2.45) is 29.6 Å². The van der Waals surface area contributed by atoms with Gasteiger partial charge in [0, 0.05) is 0 Å². The van der Waals surface area contributed by atoms with Crippen LogP contribution in [0.25, 0.3) is 0 Å². The molecule has 1 aromatic carbocycles. The van der Waals surface area contributed by atoms with Crippen LogP contribution < -0.4 is 0 Å². The minimum absolute atomic E-state index is 0.671. The summed E-state index contributed by atoms with van der Waals surface area (Å²) in [4.78, 5) is 0. The van der Waals surface area contributed by atoms with Gasteiger partial charge in [-0.3, -0.25) is 0 Å². The molecule has 0 nitrogen and oxygen atoms in total. The van der Waals surface area contributed by atoms with Gasteiger partial charge in [-0.15, -0.1) is 0 Å². The van der Waals surface area contributed by atoms with Crippen molar-refractivity contribution in [3.8, 4) is 0 Å². The number of allylic oxidation sites excluding steroid dienone is 1. The molecule has 0 aliphatic heterocycles. The average molecular weight is 427 g/mol. The van der Waals surface area contributed by atoms with Crippen molar-refractivity contribution in [1.82, 2.24) is 0 Å². The fraction of sp³-hybridized carbons (Fsp3) is 0.742. The van der Waals surface area contributed by atoms with Gasteiger partial charge in [0.05, 0.1) is 0 Å². The van der Waals surface area contributed by atoms with Crippen LogP contribution in [-0.2, 0) is 19.3 Å². The quantitative estimate of drug-likeness (QED) is 0.182. The zero-order chi connectivity index (χ0) is 23.4. The van der Waals surface area contributed by atoms with Crippen LogP contribution in [0.3, 0.4) is 0 Å². The van der Waals surface area contributed by atoms with Crippen molar-refractivity contribution >= 4 is 0 Å². The molecule has 0 saturated heterocycles. The first-order valence-corrected chi connectivity index (χ1v) is 13.4. The van der Waals surface area contributed by atoms with E-state index in [4.69, 9.17) is 0 Å². The largest absolute Gasteiger partial charge is 0.0999 e. The van der Waals surface area contributed by atoms with Crippen LogP contribution in [0.15, 0.2) is 30.4 Å². The molecule has 0 radical (unpaired) electrons. The van der Waals surface area contributed by atoms with Crippen LogP contribution in [0.5, 0.6) is 0 Å². The Morgan fingerprint density at radius 2 is 1.58 bits per heavy atom. The van der Waals surface area contributed by atoms with E-state index < -0.39 is 0 Å². The van der Waals surface area contributed by atoms with Gasteiger partial charge in [0.1, 0.15) is 0 Å². The smallest absolute Gasteiger partial charge is 0.0183 e. The number of aryl methyl sites for hydroxylation is 2. The highest BCUT2D eigenvalue weighted by Crippen LogP contribution is 2.31. The molecule has 0 heteroatoms. The highest BCUT2D eigenvalue weighted by molar-refractivity contribution is 5.32. The van der Waals surface area contributed by atoms with E-state index in [9.17, 15) is 0 Å². The zero-order valence-corrected chi connectivity index (χ0v) is 22.4. The van der Waals surface area contributed by atoms with E-state index >= 15 is 0 Å². The molecule has 1 aromatic rings. The Hall–Kier alpha value is -1.04. The lowest BCUT2D eigenvalue weighted by atomic mass is 9.78. The molecule has 0 bridgehead atoms. The molecule has 1 rings (SSSR count). The Morgan fingerprint density at radius 3 is 2.13 bits per heavy atom. The van der Waals surface area contributed by atoms with Crippen molar-refractivity contribution in [3.05, 3.63) is 47.0 Å². The summed E-state index contributed by atoms with van der Waals surface area (Å²) >= 11 is 0. The molecule has 0 aliphatic rings. The Balaban J connectivity index is 2.74. The summed E-state index contributed by atoms with van der Waals surface area (Å²) in [6.45, 7) is 23.1. The zero-order valence-electron chi connectivity index (χ0n) is 22.4. The Labute approximate surface area is 196 Å². The van der Waals surface area contributed by atoms with Gasteiger partial charge in [-0.05, 0) is 91.7 Å². The molecule has 2 unspecified atom stereocenters. The van der Waals surface area contributed by atoms with E-state index in [0.717, 1.165) is 24.2 Å². The lowest BCUT2D eigenvalue weighted by molar-refractivity contribution is 0.287. The standard InChI is InChI=1S/C31H54/c1-10-12-13-14-15-30-22-27(17-19-28(30)11-2)21-29(23(3)4)18-16-26(9)20-31(24(5)6)25(7)8/h17,19,22-23,25-26,29,31H,5,10-16,18,20-21H2,1-4,6-9H3/t26-,29?,31?/m1/s1. The first-order valence-electron chi connectivity index (χ1n) is 13.4. The van der Waals surface area contributed by atoms with Crippen molar-refractivity contribution in [3.63, 3.8) is 0 Å². The predicted octanol–water partition coefficient (Wildman–Crippen LogP) is 9.84. The minimum Gasteiger partial charge on any atom is -0.0999 e. The molecule has 0 fully saturated rings. The number of hydrogen-bond acceptors (Lipinski definition) is 0. The van der Waals surface area contributed by atoms with Crippen LogP contribution in [0.4, 0.5) is 0 Å². The molecule has 0 heterocycles. The van der Waals surface area contributed by atoms with E-state index in [-0.39, 0.29) is 0 Å². The van der Waals surface area contributed by atoms with Gasteiger partial charge in [-0.1, -0.05) is 105 Å². The molecule has 0 aromatic heterocycles. The summed E-state index contributed by atoms with van der Waals surface area (Å²) in [5.41, 5.74) is 6.11. The first-order chi connectivity index (χ1) is 14.7. The van der Waals surface area contributed by atoms with E-state index in [2.05, 4.69) is 80.2 Å². The van der Waals surface area contributed by atoms with Gasteiger partial charge in [0.25, 0.3) is 0 Å². The fourth-order valence-electron chi connectivity index (χ4n) is 5.19. The number of unbranched alkanes of at least 4 members (excludes halogenated alkanes) is 3. The van der Waals surface area contributed by atoms with Gasteiger partial charge in [0.2, 0.25) is 0 Å². The van der Waals surface area contributed by atoms with Crippen LogP contribution in [0.1, 0.15) is 117 Å². The van der Waals surface area contributed by atoms with Gasteiger partial charge in [-0.25, -0.2) is 0 Å². The maximum absolute atomic E-state index is 4.26. The van der Waals surface area contributed by atoms with Gasteiger partial charge in [0.15, 0.2) is 0 Å². The van der Waals surface area contributed by atoms with Gasteiger partial charge >= 0.3 is 0 Å². The third kappa shape index (κ3) is 10.4. The summed E-state index contributed by atoms with van der Waals surface area (Å²) in [5, 5.41) is 0. The molecule has 0 N–H and O–H groups in total. The van der Waals surface area contributed by atoms with E-state index in [0.29, 0.717) is 11.8 Å². The van der Waals surface area contributed by atoms with Gasteiger partial charge < -0.3 is 0 Å². The lowest BCUT2D eigenvalue weighted by Gasteiger charge is -2.27. The molecule has 0 amide bonds. The molecule has 31 heavy (non-hydrogen) atoms.